The van der Waals surface area contributed by atoms with Crippen LogP contribution in [-0.4, -0.2) is 24.3 Å². The molecule has 5 heteroatoms. The first-order chi connectivity index (χ1) is 12.5. The molecule has 0 fully saturated rings. The van der Waals surface area contributed by atoms with Crippen molar-refractivity contribution in [1.82, 2.24) is 4.57 Å². The van der Waals surface area contributed by atoms with E-state index in [1.54, 1.807) is 7.11 Å². The molecule has 0 radical (unpaired) electrons. The SMILES string of the molecule is COc1ccc2c(c1)c(CCOC(C)=O)c(C)n2Cc1ccc(Cl)cc1. The minimum Gasteiger partial charge on any atom is -0.497 e. The van der Waals surface area contributed by atoms with E-state index in [-0.39, 0.29) is 5.97 Å². The van der Waals surface area contributed by atoms with Crippen LogP contribution in [0.15, 0.2) is 42.5 Å². The van der Waals surface area contributed by atoms with Crippen LogP contribution in [0, 0.1) is 6.92 Å². The molecular formula is C21H22ClNO3. The van der Waals surface area contributed by atoms with Crippen molar-refractivity contribution in [3.05, 3.63) is 64.3 Å². The summed E-state index contributed by atoms with van der Waals surface area (Å²) in [6, 6.07) is 14.0. The molecule has 136 valence electrons. The number of methoxy groups -OCH3 is 1. The van der Waals surface area contributed by atoms with Gasteiger partial charge in [-0.3, -0.25) is 4.79 Å². The van der Waals surface area contributed by atoms with Crippen molar-refractivity contribution in [2.45, 2.75) is 26.8 Å². The lowest BCUT2D eigenvalue weighted by Gasteiger charge is -2.10. The molecule has 0 bridgehead atoms. The van der Waals surface area contributed by atoms with Crippen LogP contribution in [0.25, 0.3) is 10.9 Å². The van der Waals surface area contributed by atoms with Crippen LogP contribution in [-0.2, 0) is 22.5 Å². The molecule has 0 aliphatic carbocycles. The maximum atomic E-state index is 11.1. The van der Waals surface area contributed by atoms with Crippen LogP contribution >= 0.6 is 11.6 Å². The number of benzene rings is 2. The summed E-state index contributed by atoms with van der Waals surface area (Å²) in [5, 5.41) is 1.86. The first-order valence-corrected chi connectivity index (χ1v) is 8.91. The summed E-state index contributed by atoms with van der Waals surface area (Å²) in [6.07, 6.45) is 0.669. The molecule has 26 heavy (non-hydrogen) atoms. The molecule has 4 nitrogen and oxygen atoms in total. The second-order valence-electron chi connectivity index (χ2n) is 6.25. The van der Waals surface area contributed by atoms with Crippen molar-refractivity contribution in [3.8, 4) is 5.75 Å². The van der Waals surface area contributed by atoms with Crippen LogP contribution in [0.1, 0.15) is 23.7 Å². The third-order valence-corrected chi connectivity index (χ3v) is 4.82. The van der Waals surface area contributed by atoms with Gasteiger partial charge in [-0.1, -0.05) is 23.7 Å². The van der Waals surface area contributed by atoms with E-state index in [2.05, 4.69) is 17.6 Å². The normalized spacial score (nSPS) is 10.9. The highest BCUT2D eigenvalue weighted by Crippen LogP contribution is 2.30. The lowest BCUT2D eigenvalue weighted by molar-refractivity contribution is -0.140. The number of rotatable bonds is 6. The number of nitrogens with zero attached hydrogens (tertiary/aromatic N) is 1. The number of hydrogen-bond donors (Lipinski definition) is 0. The fourth-order valence-corrected chi connectivity index (χ4v) is 3.37. The lowest BCUT2D eigenvalue weighted by Crippen LogP contribution is -2.05. The molecule has 0 amide bonds. The highest BCUT2D eigenvalue weighted by atomic mass is 35.5. The molecule has 0 spiro atoms. The van der Waals surface area contributed by atoms with E-state index in [9.17, 15) is 4.79 Å². The Morgan fingerprint density at radius 3 is 2.54 bits per heavy atom. The maximum absolute atomic E-state index is 11.1. The minimum absolute atomic E-state index is 0.259. The standard InChI is InChI=1S/C21H22ClNO3/c1-14-19(10-11-26-15(2)24)20-12-18(25-3)8-9-21(20)23(14)13-16-4-6-17(22)7-5-16/h4-9,12H,10-11,13H2,1-3H3. The number of aromatic nitrogens is 1. The minimum atomic E-state index is -0.259. The Balaban J connectivity index is 2.02. The second-order valence-corrected chi connectivity index (χ2v) is 6.69. The smallest absolute Gasteiger partial charge is 0.302 e. The molecule has 1 heterocycles. The Morgan fingerprint density at radius 2 is 1.88 bits per heavy atom. The quantitative estimate of drug-likeness (QED) is 0.586. The zero-order chi connectivity index (χ0) is 18.7. The van der Waals surface area contributed by atoms with Crippen LogP contribution in [0.5, 0.6) is 5.75 Å². The molecule has 0 saturated carbocycles. The monoisotopic (exact) mass is 371 g/mol. The molecule has 0 aliphatic heterocycles. The topological polar surface area (TPSA) is 40.5 Å². The van der Waals surface area contributed by atoms with Crippen molar-refractivity contribution in [3.63, 3.8) is 0 Å². The van der Waals surface area contributed by atoms with Crippen molar-refractivity contribution in [1.29, 1.82) is 0 Å². The molecule has 0 aliphatic rings. The largest absolute Gasteiger partial charge is 0.497 e. The van der Waals surface area contributed by atoms with E-state index in [1.807, 2.05) is 36.4 Å². The second kappa shape index (κ2) is 7.83. The Labute approximate surface area is 158 Å². The van der Waals surface area contributed by atoms with Gasteiger partial charge in [0.1, 0.15) is 5.75 Å². The number of carbonyl (C=O) groups is 1. The number of hydrogen-bond acceptors (Lipinski definition) is 3. The van der Waals surface area contributed by atoms with E-state index >= 15 is 0 Å². The molecule has 0 N–H and O–H groups in total. The van der Waals surface area contributed by atoms with Gasteiger partial charge in [-0.2, -0.15) is 0 Å². The lowest BCUT2D eigenvalue weighted by atomic mass is 10.1. The van der Waals surface area contributed by atoms with Gasteiger partial charge in [0.15, 0.2) is 0 Å². The van der Waals surface area contributed by atoms with Gasteiger partial charge in [-0.05, 0) is 48.4 Å². The van der Waals surface area contributed by atoms with E-state index in [4.69, 9.17) is 21.1 Å². The molecule has 3 aromatic rings. The predicted molar refractivity (Wildman–Crippen MR) is 104 cm³/mol. The number of fused-ring (bicyclic) bond motifs is 1. The third-order valence-electron chi connectivity index (χ3n) is 4.57. The zero-order valence-corrected chi connectivity index (χ0v) is 16.0. The van der Waals surface area contributed by atoms with E-state index in [1.165, 1.54) is 18.1 Å². The number of carbonyl (C=O) groups excluding carboxylic acids is 1. The van der Waals surface area contributed by atoms with Gasteiger partial charge in [0.25, 0.3) is 0 Å². The molecular weight excluding hydrogens is 350 g/mol. The van der Waals surface area contributed by atoms with Gasteiger partial charge < -0.3 is 14.0 Å². The maximum Gasteiger partial charge on any atom is 0.302 e. The molecule has 0 atom stereocenters. The number of ether oxygens (including phenoxy) is 2. The van der Waals surface area contributed by atoms with E-state index in [0.29, 0.717) is 13.0 Å². The van der Waals surface area contributed by atoms with Gasteiger partial charge in [-0.25, -0.2) is 0 Å². The number of halogens is 1. The van der Waals surface area contributed by atoms with Crippen LogP contribution in [0.2, 0.25) is 5.02 Å². The van der Waals surface area contributed by atoms with Gasteiger partial charge in [0, 0.05) is 41.5 Å². The summed E-state index contributed by atoms with van der Waals surface area (Å²) in [5.41, 5.74) is 4.65. The van der Waals surface area contributed by atoms with Gasteiger partial charge in [0.05, 0.1) is 13.7 Å². The Hall–Kier alpha value is -2.46. The first kappa shape index (κ1) is 18.3. The first-order valence-electron chi connectivity index (χ1n) is 8.53. The van der Waals surface area contributed by atoms with Crippen LogP contribution in [0.3, 0.4) is 0 Å². The average molecular weight is 372 g/mol. The van der Waals surface area contributed by atoms with Gasteiger partial charge in [-0.15, -0.1) is 0 Å². The van der Waals surface area contributed by atoms with Gasteiger partial charge >= 0.3 is 5.97 Å². The average Bonchev–Trinajstić information content (AvgIpc) is 2.88. The highest BCUT2D eigenvalue weighted by Gasteiger charge is 2.15. The fraction of sp³-hybridized carbons (Fsp3) is 0.286. The highest BCUT2D eigenvalue weighted by molar-refractivity contribution is 6.30. The van der Waals surface area contributed by atoms with Crippen molar-refractivity contribution < 1.29 is 14.3 Å². The van der Waals surface area contributed by atoms with E-state index < -0.39 is 0 Å². The summed E-state index contributed by atoms with van der Waals surface area (Å²) in [5.74, 6) is 0.556. The molecule has 0 unspecified atom stereocenters. The van der Waals surface area contributed by atoms with E-state index in [0.717, 1.165) is 33.9 Å². The van der Waals surface area contributed by atoms with Crippen LogP contribution in [0.4, 0.5) is 0 Å². The summed E-state index contributed by atoms with van der Waals surface area (Å²) >= 11 is 6.00. The number of esters is 1. The van der Waals surface area contributed by atoms with Crippen molar-refractivity contribution in [2.24, 2.45) is 0 Å². The fourth-order valence-electron chi connectivity index (χ4n) is 3.25. The molecule has 1 aromatic heterocycles. The summed E-state index contributed by atoms with van der Waals surface area (Å²) in [7, 11) is 1.66. The Bertz CT molecular complexity index is 929. The summed E-state index contributed by atoms with van der Waals surface area (Å²) in [4.78, 5) is 11.1. The predicted octanol–water partition coefficient (Wildman–Crippen LogP) is 4.77. The summed E-state index contributed by atoms with van der Waals surface area (Å²) < 4.78 is 12.8. The third kappa shape index (κ3) is 3.86. The van der Waals surface area contributed by atoms with Crippen molar-refractivity contribution in [2.75, 3.05) is 13.7 Å². The Morgan fingerprint density at radius 1 is 1.15 bits per heavy atom. The summed E-state index contributed by atoms with van der Waals surface area (Å²) in [6.45, 7) is 4.65. The van der Waals surface area contributed by atoms with Gasteiger partial charge in [0.2, 0.25) is 0 Å². The Kier molecular flexibility index (Phi) is 5.52. The zero-order valence-electron chi connectivity index (χ0n) is 15.2. The van der Waals surface area contributed by atoms with Crippen LogP contribution < -0.4 is 4.74 Å². The molecule has 2 aromatic carbocycles. The molecule has 0 saturated heterocycles. The molecule has 3 rings (SSSR count). The van der Waals surface area contributed by atoms with Crippen molar-refractivity contribution >= 4 is 28.5 Å².